The molecule has 4 heteroatoms. The topological polar surface area (TPSA) is 55.4 Å². The van der Waals surface area contributed by atoms with Crippen molar-refractivity contribution in [2.45, 2.75) is 39.0 Å². The summed E-state index contributed by atoms with van der Waals surface area (Å²) >= 11 is 0. The number of rotatable bonds is 4. The van der Waals surface area contributed by atoms with Gasteiger partial charge in [-0.1, -0.05) is 17.7 Å². The van der Waals surface area contributed by atoms with Gasteiger partial charge < -0.3 is 10.1 Å². The van der Waals surface area contributed by atoms with Crippen molar-refractivity contribution >= 4 is 17.6 Å². The molecule has 0 atom stereocenters. The largest absolute Gasteiger partial charge is 0.455 e. The summed E-state index contributed by atoms with van der Waals surface area (Å²) in [6, 6.07) is 7.59. The van der Waals surface area contributed by atoms with Crippen LogP contribution in [-0.4, -0.2) is 18.5 Å². The van der Waals surface area contributed by atoms with Crippen molar-refractivity contribution in [2.75, 3.05) is 11.9 Å². The first-order chi connectivity index (χ1) is 11.6. The third-order valence-electron chi connectivity index (χ3n) is 6.18. The van der Waals surface area contributed by atoms with Crippen LogP contribution < -0.4 is 5.32 Å². The lowest BCUT2D eigenvalue weighted by Gasteiger charge is -2.53. The first kappa shape index (κ1) is 15.7. The van der Waals surface area contributed by atoms with E-state index in [4.69, 9.17) is 4.74 Å². The first-order valence-electron chi connectivity index (χ1n) is 9.11. The first-order valence-corrected chi connectivity index (χ1v) is 9.11. The van der Waals surface area contributed by atoms with Crippen molar-refractivity contribution < 1.29 is 14.3 Å². The SMILES string of the molecule is Cc1ccc(NC(=O)COC(=O)C2C3CC4CC(C3)CC2C4)cc1. The van der Waals surface area contributed by atoms with Crippen molar-refractivity contribution in [3.63, 3.8) is 0 Å². The average Bonchev–Trinajstić information content (AvgIpc) is 2.54. The molecule has 128 valence electrons. The van der Waals surface area contributed by atoms with E-state index in [1.54, 1.807) is 0 Å². The van der Waals surface area contributed by atoms with Crippen LogP contribution in [0.25, 0.3) is 0 Å². The Morgan fingerprint density at radius 3 is 2.17 bits per heavy atom. The highest BCUT2D eigenvalue weighted by Crippen LogP contribution is 2.56. The molecule has 0 radical (unpaired) electrons. The second kappa shape index (κ2) is 6.23. The van der Waals surface area contributed by atoms with Crippen molar-refractivity contribution in [2.24, 2.45) is 29.6 Å². The highest BCUT2D eigenvalue weighted by atomic mass is 16.5. The van der Waals surface area contributed by atoms with E-state index in [0.29, 0.717) is 11.8 Å². The summed E-state index contributed by atoms with van der Waals surface area (Å²) in [6.07, 6.45) is 6.10. The predicted octanol–water partition coefficient (Wildman–Crippen LogP) is 3.55. The Labute approximate surface area is 143 Å². The maximum atomic E-state index is 12.5. The fourth-order valence-electron chi connectivity index (χ4n) is 5.38. The number of carbonyl (C=O) groups is 2. The van der Waals surface area contributed by atoms with Crippen LogP contribution in [0.4, 0.5) is 5.69 Å². The molecule has 4 fully saturated rings. The number of hydrogen-bond acceptors (Lipinski definition) is 3. The molecule has 1 amide bonds. The molecule has 0 aliphatic heterocycles. The molecule has 4 aliphatic rings. The predicted molar refractivity (Wildman–Crippen MR) is 91.3 cm³/mol. The van der Waals surface area contributed by atoms with Crippen LogP contribution >= 0.6 is 0 Å². The number of hydrogen-bond donors (Lipinski definition) is 1. The minimum Gasteiger partial charge on any atom is -0.455 e. The van der Waals surface area contributed by atoms with Gasteiger partial charge in [0.1, 0.15) is 0 Å². The van der Waals surface area contributed by atoms with Crippen molar-refractivity contribution in [3.05, 3.63) is 29.8 Å². The summed E-state index contributed by atoms with van der Waals surface area (Å²) in [4.78, 5) is 24.5. The van der Waals surface area contributed by atoms with Crippen LogP contribution in [-0.2, 0) is 14.3 Å². The van der Waals surface area contributed by atoms with Crippen LogP contribution in [0.3, 0.4) is 0 Å². The number of carbonyl (C=O) groups excluding carboxylic acids is 2. The average molecular weight is 327 g/mol. The number of benzene rings is 1. The van der Waals surface area contributed by atoms with E-state index in [2.05, 4.69) is 5.32 Å². The molecule has 0 aromatic heterocycles. The van der Waals surface area contributed by atoms with Gasteiger partial charge in [0, 0.05) is 5.69 Å². The number of nitrogens with one attached hydrogen (secondary N) is 1. The van der Waals surface area contributed by atoms with Gasteiger partial charge in [0.05, 0.1) is 5.92 Å². The Balaban J connectivity index is 1.30. The fraction of sp³-hybridized carbons (Fsp3) is 0.600. The zero-order chi connectivity index (χ0) is 16.7. The molecule has 0 unspecified atom stereocenters. The van der Waals surface area contributed by atoms with Crippen molar-refractivity contribution in [1.29, 1.82) is 0 Å². The maximum Gasteiger partial charge on any atom is 0.310 e. The highest BCUT2D eigenvalue weighted by Gasteiger charge is 2.51. The summed E-state index contributed by atoms with van der Waals surface area (Å²) in [5, 5.41) is 2.78. The minimum atomic E-state index is -0.268. The minimum absolute atomic E-state index is 0.0324. The Kier molecular flexibility index (Phi) is 4.07. The van der Waals surface area contributed by atoms with Gasteiger partial charge in [0.2, 0.25) is 0 Å². The summed E-state index contributed by atoms with van der Waals surface area (Å²) in [7, 11) is 0. The summed E-state index contributed by atoms with van der Waals surface area (Å²) in [5.41, 5.74) is 1.87. The van der Waals surface area contributed by atoms with E-state index in [1.807, 2.05) is 31.2 Å². The van der Waals surface area contributed by atoms with Gasteiger partial charge in [-0.25, -0.2) is 0 Å². The molecular weight excluding hydrogens is 302 g/mol. The third-order valence-corrected chi connectivity index (χ3v) is 6.18. The quantitative estimate of drug-likeness (QED) is 0.861. The zero-order valence-corrected chi connectivity index (χ0v) is 14.2. The monoisotopic (exact) mass is 327 g/mol. The number of esters is 1. The molecule has 4 nitrogen and oxygen atoms in total. The van der Waals surface area contributed by atoms with E-state index in [9.17, 15) is 9.59 Å². The second-order valence-electron chi connectivity index (χ2n) is 7.98. The summed E-state index contributed by atoms with van der Waals surface area (Å²) < 4.78 is 5.37. The molecule has 0 saturated heterocycles. The van der Waals surface area contributed by atoms with Crippen LogP contribution in [0, 0.1) is 36.5 Å². The Bertz CT molecular complexity index is 609. The van der Waals surface area contributed by atoms with Gasteiger partial charge in [-0.05, 0) is 74.8 Å². The van der Waals surface area contributed by atoms with Gasteiger partial charge in [-0.2, -0.15) is 0 Å². The molecule has 24 heavy (non-hydrogen) atoms. The molecule has 0 spiro atoms. The van der Waals surface area contributed by atoms with E-state index in [-0.39, 0.29) is 24.4 Å². The third kappa shape index (κ3) is 3.06. The van der Waals surface area contributed by atoms with Crippen molar-refractivity contribution in [1.82, 2.24) is 0 Å². The number of ether oxygens (including phenoxy) is 1. The lowest BCUT2D eigenvalue weighted by atomic mass is 9.52. The number of aryl methyl sites for hydroxylation is 1. The van der Waals surface area contributed by atoms with Gasteiger partial charge in [0.15, 0.2) is 6.61 Å². The molecule has 4 saturated carbocycles. The number of amides is 1. The smallest absolute Gasteiger partial charge is 0.310 e. The molecule has 1 aromatic carbocycles. The van der Waals surface area contributed by atoms with Gasteiger partial charge in [-0.3, -0.25) is 9.59 Å². The lowest BCUT2D eigenvalue weighted by molar-refractivity contribution is -0.164. The van der Waals surface area contributed by atoms with E-state index < -0.39 is 0 Å². The highest BCUT2D eigenvalue weighted by molar-refractivity contribution is 5.92. The molecule has 0 heterocycles. The standard InChI is InChI=1S/C20H25NO3/c1-12-2-4-17(5-3-12)21-18(22)11-24-20(23)19-15-7-13-6-14(9-15)10-16(19)8-13/h2-5,13-16,19H,6-11H2,1H3,(H,21,22). The summed E-state index contributed by atoms with van der Waals surface area (Å²) in [6.45, 7) is 1.81. The van der Waals surface area contributed by atoms with E-state index in [0.717, 1.165) is 23.1 Å². The normalized spacial score (nSPS) is 33.3. The molecule has 4 bridgehead atoms. The molecule has 5 rings (SSSR count). The number of anilines is 1. The Hall–Kier alpha value is -1.84. The van der Waals surface area contributed by atoms with Gasteiger partial charge >= 0.3 is 5.97 Å². The zero-order valence-electron chi connectivity index (χ0n) is 14.2. The van der Waals surface area contributed by atoms with Crippen LogP contribution in [0.1, 0.15) is 37.7 Å². The lowest BCUT2D eigenvalue weighted by Crippen LogP contribution is -2.48. The van der Waals surface area contributed by atoms with E-state index in [1.165, 1.54) is 32.1 Å². The van der Waals surface area contributed by atoms with Gasteiger partial charge in [0.25, 0.3) is 5.91 Å². The second-order valence-corrected chi connectivity index (χ2v) is 7.98. The Morgan fingerprint density at radius 2 is 1.58 bits per heavy atom. The van der Waals surface area contributed by atoms with E-state index >= 15 is 0 Å². The Morgan fingerprint density at radius 1 is 1.00 bits per heavy atom. The fourth-order valence-corrected chi connectivity index (χ4v) is 5.38. The van der Waals surface area contributed by atoms with Crippen molar-refractivity contribution in [3.8, 4) is 0 Å². The van der Waals surface area contributed by atoms with Crippen LogP contribution in [0.15, 0.2) is 24.3 Å². The van der Waals surface area contributed by atoms with Crippen LogP contribution in [0.5, 0.6) is 0 Å². The van der Waals surface area contributed by atoms with Gasteiger partial charge in [-0.15, -0.1) is 0 Å². The molecular formula is C20H25NO3. The summed E-state index contributed by atoms with van der Waals surface area (Å²) in [5.74, 6) is 2.27. The molecule has 1 aromatic rings. The van der Waals surface area contributed by atoms with Crippen LogP contribution in [0.2, 0.25) is 0 Å². The maximum absolute atomic E-state index is 12.5. The molecule has 4 aliphatic carbocycles. The molecule has 1 N–H and O–H groups in total.